The van der Waals surface area contributed by atoms with E-state index in [-0.39, 0.29) is 6.54 Å². The summed E-state index contributed by atoms with van der Waals surface area (Å²) in [7, 11) is 0. The minimum Gasteiger partial charge on any atom is -0.328 e. The molecule has 0 atom stereocenters. The van der Waals surface area contributed by atoms with E-state index in [1.807, 2.05) is 0 Å². The minimum absolute atomic E-state index is 0.139. The maximum Gasteiger partial charge on any atom is 0.148 e. The van der Waals surface area contributed by atoms with Gasteiger partial charge in [0.2, 0.25) is 0 Å². The lowest BCUT2D eigenvalue weighted by atomic mass is 10.1. The molecule has 0 aliphatic heterocycles. The van der Waals surface area contributed by atoms with Gasteiger partial charge in [-0.3, -0.25) is 0 Å². The zero-order valence-corrected chi connectivity index (χ0v) is 4.33. The highest BCUT2D eigenvalue weighted by molar-refractivity contribution is 5.89. The molecule has 0 rings (SSSR count). The van der Waals surface area contributed by atoms with Crippen LogP contribution >= 0.6 is 0 Å². The number of carbonyl (C=O) groups is 2. The van der Waals surface area contributed by atoms with Crippen molar-refractivity contribution >= 4 is 12.6 Å². The fourth-order valence-corrected chi connectivity index (χ4v) is 0.124. The predicted octanol–water partition coefficient (Wildman–Crippen LogP) is -1.96. The molecule has 0 spiro atoms. The zero-order valence-electron chi connectivity index (χ0n) is 4.33. The second-order valence-electron chi connectivity index (χ2n) is 1.55. The molecule has 0 aliphatic rings. The summed E-state index contributed by atoms with van der Waals surface area (Å²) in [6.45, 7) is -0.139. The molecule has 0 saturated carbocycles. The van der Waals surface area contributed by atoms with Crippen LogP contribution in [0.3, 0.4) is 0 Å². The molecule has 8 heavy (non-hydrogen) atoms. The van der Waals surface area contributed by atoms with Crippen molar-refractivity contribution in [3.63, 3.8) is 0 Å². The van der Waals surface area contributed by atoms with Gasteiger partial charge in [0.1, 0.15) is 18.1 Å². The van der Waals surface area contributed by atoms with E-state index < -0.39 is 5.54 Å². The van der Waals surface area contributed by atoms with Gasteiger partial charge in [0.25, 0.3) is 0 Å². The summed E-state index contributed by atoms with van der Waals surface area (Å²) < 4.78 is 0. The lowest BCUT2D eigenvalue weighted by molar-refractivity contribution is -0.120. The van der Waals surface area contributed by atoms with Crippen LogP contribution in [0.25, 0.3) is 0 Å². The first-order valence-electron chi connectivity index (χ1n) is 2.10. The van der Waals surface area contributed by atoms with Gasteiger partial charge in [-0.05, 0) is 0 Å². The molecule has 0 heterocycles. The molecule has 0 fully saturated rings. The highest BCUT2D eigenvalue weighted by Crippen LogP contribution is 1.83. The van der Waals surface area contributed by atoms with Crippen molar-refractivity contribution in [2.75, 3.05) is 6.54 Å². The summed E-state index contributed by atoms with van der Waals surface area (Å²) in [6.07, 6.45) is 0.667. The van der Waals surface area contributed by atoms with Gasteiger partial charge in [-0.25, -0.2) is 0 Å². The second kappa shape index (κ2) is 2.54. The summed E-state index contributed by atoms with van der Waals surface area (Å²) in [5, 5.41) is 0. The molecule has 0 unspecified atom stereocenters. The quantitative estimate of drug-likeness (QED) is 0.331. The maximum absolute atomic E-state index is 9.85. The standard InChI is InChI=1S/C4H8N2O2/c5-1-4(6,2-7)3-8/h2-3H,1,5-6H2. The highest BCUT2D eigenvalue weighted by atomic mass is 16.1. The van der Waals surface area contributed by atoms with Crippen molar-refractivity contribution < 1.29 is 9.59 Å². The fraction of sp³-hybridized carbons (Fsp3) is 0.500. The Labute approximate surface area is 46.8 Å². The van der Waals surface area contributed by atoms with Crippen molar-refractivity contribution in [3.8, 4) is 0 Å². The van der Waals surface area contributed by atoms with E-state index in [1.165, 1.54) is 0 Å². The molecule has 0 bridgehead atoms. The van der Waals surface area contributed by atoms with Gasteiger partial charge in [0.15, 0.2) is 0 Å². The van der Waals surface area contributed by atoms with Gasteiger partial charge >= 0.3 is 0 Å². The summed E-state index contributed by atoms with van der Waals surface area (Å²) in [5.41, 5.74) is 8.52. The SMILES string of the molecule is NCC(N)(C=O)C=O. The molecule has 0 aromatic rings. The number of nitrogens with two attached hydrogens (primary N) is 2. The van der Waals surface area contributed by atoms with Crippen LogP contribution in [-0.4, -0.2) is 24.7 Å². The minimum atomic E-state index is -1.46. The number of carbonyl (C=O) groups excluding carboxylic acids is 2. The maximum atomic E-state index is 9.85. The third kappa shape index (κ3) is 1.40. The van der Waals surface area contributed by atoms with Crippen LogP contribution in [0.15, 0.2) is 0 Å². The second-order valence-corrected chi connectivity index (χ2v) is 1.55. The summed E-state index contributed by atoms with van der Waals surface area (Å²) >= 11 is 0. The largest absolute Gasteiger partial charge is 0.328 e. The van der Waals surface area contributed by atoms with Crippen molar-refractivity contribution in [3.05, 3.63) is 0 Å². The third-order valence-electron chi connectivity index (χ3n) is 0.792. The molecule has 0 aromatic carbocycles. The van der Waals surface area contributed by atoms with E-state index in [0.29, 0.717) is 12.6 Å². The molecule has 46 valence electrons. The molecule has 4 N–H and O–H groups in total. The Bertz CT molecular complexity index is 94.2. The van der Waals surface area contributed by atoms with E-state index in [9.17, 15) is 9.59 Å². The average molecular weight is 116 g/mol. The smallest absolute Gasteiger partial charge is 0.148 e. The van der Waals surface area contributed by atoms with Crippen molar-refractivity contribution in [1.82, 2.24) is 0 Å². The molecule has 0 aliphatic carbocycles. The van der Waals surface area contributed by atoms with Crippen molar-refractivity contribution in [2.24, 2.45) is 11.5 Å². The molecule has 0 saturated heterocycles. The van der Waals surface area contributed by atoms with Gasteiger partial charge in [-0.15, -0.1) is 0 Å². The normalized spacial score (nSPS) is 10.8. The zero-order chi connectivity index (χ0) is 6.62. The van der Waals surface area contributed by atoms with Gasteiger partial charge in [-0.1, -0.05) is 0 Å². The first-order valence-corrected chi connectivity index (χ1v) is 2.10. The molecule has 0 radical (unpaired) electrons. The van der Waals surface area contributed by atoms with E-state index in [2.05, 4.69) is 0 Å². The van der Waals surface area contributed by atoms with Gasteiger partial charge in [-0.2, -0.15) is 0 Å². The molecule has 4 nitrogen and oxygen atoms in total. The van der Waals surface area contributed by atoms with Crippen LogP contribution in [-0.2, 0) is 9.59 Å². The number of hydrogen-bond acceptors (Lipinski definition) is 4. The average Bonchev–Trinajstić information content (AvgIpc) is 1.87. The van der Waals surface area contributed by atoms with E-state index in [1.54, 1.807) is 0 Å². The van der Waals surface area contributed by atoms with Crippen LogP contribution in [0.4, 0.5) is 0 Å². The van der Waals surface area contributed by atoms with E-state index >= 15 is 0 Å². The molecule has 0 amide bonds. The van der Waals surface area contributed by atoms with Crippen LogP contribution in [0.1, 0.15) is 0 Å². The van der Waals surface area contributed by atoms with Crippen LogP contribution in [0.5, 0.6) is 0 Å². The monoisotopic (exact) mass is 116 g/mol. The first kappa shape index (κ1) is 7.26. The predicted molar refractivity (Wildman–Crippen MR) is 28.1 cm³/mol. The topological polar surface area (TPSA) is 86.2 Å². The molecule has 0 aromatic heterocycles. The van der Waals surface area contributed by atoms with E-state index in [4.69, 9.17) is 11.5 Å². The van der Waals surface area contributed by atoms with Crippen LogP contribution < -0.4 is 11.5 Å². The molecular weight excluding hydrogens is 108 g/mol. The Morgan fingerprint density at radius 2 is 1.75 bits per heavy atom. The van der Waals surface area contributed by atoms with E-state index in [0.717, 1.165) is 0 Å². The fourth-order valence-electron chi connectivity index (χ4n) is 0.124. The number of aldehydes is 2. The van der Waals surface area contributed by atoms with Gasteiger partial charge < -0.3 is 21.1 Å². The first-order chi connectivity index (χ1) is 3.68. The number of hydrogen-bond donors (Lipinski definition) is 2. The Hall–Kier alpha value is -0.740. The van der Waals surface area contributed by atoms with Crippen molar-refractivity contribution in [1.29, 1.82) is 0 Å². The molecule has 4 heteroatoms. The third-order valence-corrected chi connectivity index (χ3v) is 0.792. The molecular formula is C4H8N2O2. The van der Waals surface area contributed by atoms with Crippen LogP contribution in [0.2, 0.25) is 0 Å². The Balaban J connectivity index is 3.96. The Morgan fingerprint density at radius 3 is 1.75 bits per heavy atom. The lowest BCUT2D eigenvalue weighted by Gasteiger charge is -2.09. The Kier molecular flexibility index (Phi) is 2.30. The van der Waals surface area contributed by atoms with Crippen molar-refractivity contribution in [2.45, 2.75) is 5.54 Å². The summed E-state index contributed by atoms with van der Waals surface area (Å²) in [6, 6.07) is 0. The number of rotatable bonds is 3. The Morgan fingerprint density at radius 1 is 1.38 bits per heavy atom. The van der Waals surface area contributed by atoms with Gasteiger partial charge in [0, 0.05) is 6.54 Å². The van der Waals surface area contributed by atoms with Gasteiger partial charge in [0.05, 0.1) is 0 Å². The summed E-state index contributed by atoms with van der Waals surface area (Å²) in [5.74, 6) is 0. The summed E-state index contributed by atoms with van der Waals surface area (Å²) in [4.78, 5) is 19.7. The lowest BCUT2D eigenvalue weighted by Crippen LogP contribution is -2.50. The van der Waals surface area contributed by atoms with Crippen LogP contribution in [0, 0.1) is 0 Å². The highest BCUT2D eigenvalue weighted by Gasteiger charge is 2.19.